The van der Waals surface area contributed by atoms with Crippen LogP contribution in [0, 0.1) is 0 Å². The lowest BCUT2D eigenvalue weighted by Crippen LogP contribution is -2.04. The molecular weight excluding hydrogens is 296 g/mol. The second-order valence-corrected chi connectivity index (χ2v) is 6.01. The highest BCUT2D eigenvalue weighted by Gasteiger charge is 2.22. The summed E-state index contributed by atoms with van der Waals surface area (Å²) in [4.78, 5) is 11.7. The number of esters is 1. The maximum atomic E-state index is 11.7. The molecule has 0 aromatic heterocycles. The van der Waals surface area contributed by atoms with Crippen molar-refractivity contribution in [2.75, 3.05) is 6.61 Å². The molecule has 0 radical (unpaired) electrons. The van der Waals surface area contributed by atoms with E-state index < -0.39 is 0 Å². The summed E-state index contributed by atoms with van der Waals surface area (Å²) in [7, 11) is 0. The van der Waals surface area contributed by atoms with Gasteiger partial charge in [0.05, 0.1) is 12.2 Å². The van der Waals surface area contributed by atoms with E-state index in [1.807, 2.05) is 31.2 Å². The van der Waals surface area contributed by atoms with Gasteiger partial charge in [-0.3, -0.25) is 0 Å². The van der Waals surface area contributed by atoms with Crippen molar-refractivity contribution in [3.63, 3.8) is 0 Å². The molecule has 2 aliphatic rings. The van der Waals surface area contributed by atoms with Crippen LogP contribution in [0.3, 0.4) is 0 Å². The van der Waals surface area contributed by atoms with E-state index in [-0.39, 0.29) is 5.97 Å². The molecule has 0 fully saturated rings. The number of benzene rings is 2. The van der Waals surface area contributed by atoms with E-state index >= 15 is 0 Å². The summed E-state index contributed by atoms with van der Waals surface area (Å²) in [6.07, 6.45) is 10.9. The highest BCUT2D eigenvalue weighted by Crippen LogP contribution is 2.41. The van der Waals surface area contributed by atoms with Crippen molar-refractivity contribution in [1.82, 2.24) is 0 Å². The third-order valence-corrected chi connectivity index (χ3v) is 4.54. The second kappa shape index (κ2) is 5.97. The van der Waals surface area contributed by atoms with Crippen LogP contribution in [0.4, 0.5) is 0 Å². The molecule has 2 nitrogen and oxygen atoms in total. The van der Waals surface area contributed by atoms with Crippen molar-refractivity contribution in [1.29, 1.82) is 0 Å². The minimum Gasteiger partial charge on any atom is -0.462 e. The summed E-state index contributed by atoms with van der Waals surface area (Å²) in [5.74, 6) is 0.121. The minimum absolute atomic E-state index is 0.273. The van der Waals surface area contributed by atoms with Gasteiger partial charge in [0.25, 0.3) is 0 Å². The number of rotatable bonds is 3. The normalized spacial score (nSPS) is 17.2. The Morgan fingerprint density at radius 1 is 1.04 bits per heavy atom. The van der Waals surface area contributed by atoms with Gasteiger partial charge in [-0.1, -0.05) is 54.6 Å². The highest BCUT2D eigenvalue weighted by molar-refractivity contribution is 5.90. The summed E-state index contributed by atoms with van der Waals surface area (Å²) in [6, 6.07) is 14.2. The number of allylic oxidation sites excluding steroid dienone is 5. The molecule has 24 heavy (non-hydrogen) atoms. The summed E-state index contributed by atoms with van der Waals surface area (Å²) in [6.45, 7) is 2.21. The largest absolute Gasteiger partial charge is 0.462 e. The van der Waals surface area contributed by atoms with Crippen LogP contribution in [-0.2, 0) is 4.74 Å². The van der Waals surface area contributed by atoms with E-state index in [0.29, 0.717) is 18.1 Å². The maximum absolute atomic E-state index is 11.7. The zero-order valence-corrected chi connectivity index (χ0v) is 13.5. The molecule has 0 bridgehead atoms. The lowest BCUT2D eigenvalue weighted by molar-refractivity contribution is 0.0526. The summed E-state index contributed by atoms with van der Waals surface area (Å²) in [5, 5.41) is 0. The number of carbonyl (C=O) groups excluding carboxylic acids is 1. The van der Waals surface area contributed by atoms with Gasteiger partial charge in [0, 0.05) is 5.92 Å². The Kier molecular flexibility index (Phi) is 3.66. The van der Waals surface area contributed by atoms with Crippen molar-refractivity contribution in [2.45, 2.75) is 12.8 Å². The van der Waals surface area contributed by atoms with Crippen molar-refractivity contribution in [3.05, 3.63) is 89.0 Å². The molecule has 2 aliphatic carbocycles. The highest BCUT2D eigenvalue weighted by atomic mass is 16.5. The fourth-order valence-electron chi connectivity index (χ4n) is 3.33. The van der Waals surface area contributed by atoms with Crippen molar-refractivity contribution in [2.24, 2.45) is 0 Å². The molecule has 0 saturated carbocycles. The third kappa shape index (κ3) is 2.50. The van der Waals surface area contributed by atoms with Crippen molar-refractivity contribution >= 4 is 12.0 Å². The standard InChI is InChI=1S/C22H18O2/c1-2-24-22(23)16-9-7-15(8-10-16)17-11-12-21-19(13-17)14-18-5-3-4-6-20(18)21/h3-14,20H,2H2,1H3. The molecular formula is C22H18O2. The lowest BCUT2D eigenvalue weighted by Gasteiger charge is -2.13. The number of hydrogen-bond donors (Lipinski definition) is 0. The van der Waals surface area contributed by atoms with Gasteiger partial charge in [-0.25, -0.2) is 4.79 Å². The Morgan fingerprint density at radius 3 is 2.62 bits per heavy atom. The third-order valence-electron chi connectivity index (χ3n) is 4.54. The van der Waals surface area contributed by atoms with Crippen LogP contribution < -0.4 is 0 Å². The van der Waals surface area contributed by atoms with Crippen LogP contribution in [0.25, 0.3) is 17.2 Å². The predicted molar refractivity (Wildman–Crippen MR) is 96.8 cm³/mol. The monoisotopic (exact) mass is 314 g/mol. The first-order valence-corrected chi connectivity index (χ1v) is 8.24. The van der Waals surface area contributed by atoms with Gasteiger partial charge in [0.2, 0.25) is 0 Å². The van der Waals surface area contributed by atoms with Gasteiger partial charge in [-0.2, -0.15) is 0 Å². The Hall–Kier alpha value is -2.87. The number of fused-ring (bicyclic) bond motifs is 3. The van der Waals surface area contributed by atoms with Gasteiger partial charge < -0.3 is 4.74 Å². The molecule has 2 aromatic rings. The van der Waals surface area contributed by atoms with E-state index in [2.05, 4.69) is 48.6 Å². The van der Waals surface area contributed by atoms with E-state index in [0.717, 1.165) is 11.1 Å². The van der Waals surface area contributed by atoms with Gasteiger partial charge in [0.1, 0.15) is 0 Å². The van der Waals surface area contributed by atoms with Crippen molar-refractivity contribution in [3.8, 4) is 11.1 Å². The van der Waals surface area contributed by atoms with Crippen LogP contribution in [-0.4, -0.2) is 12.6 Å². The van der Waals surface area contributed by atoms with Crippen LogP contribution in [0.2, 0.25) is 0 Å². The van der Waals surface area contributed by atoms with Crippen LogP contribution >= 0.6 is 0 Å². The zero-order valence-electron chi connectivity index (χ0n) is 13.5. The zero-order chi connectivity index (χ0) is 16.5. The van der Waals surface area contributed by atoms with E-state index in [1.165, 1.54) is 16.7 Å². The number of carbonyl (C=O) groups is 1. The fourth-order valence-corrected chi connectivity index (χ4v) is 3.33. The Morgan fingerprint density at radius 2 is 1.83 bits per heavy atom. The Labute approximate surface area is 141 Å². The van der Waals surface area contributed by atoms with Crippen LogP contribution in [0.5, 0.6) is 0 Å². The lowest BCUT2D eigenvalue weighted by atomic mass is 9.91. The number of hydrogen-bond acceptors (Lipinski definition) is 2. The molecule has 1 unspecified atom stereocenters. The first-order valence-electron chi connectivity index (χ1n) is 8.24. The molecule has 1 atom stereocenters. The minimum atomic E-state index is -0.273. The molecule has 2 aromatic carbocycles. The van der Waals surface area contributed by atoms with Gasteiger partial charge in [-0.05, 0) is 52.9 Å². The van der Waals surface area contributed by atoms with E-state index in [1.54, 1.807) is 0 Å². The number of ether oxygens (including phenoxy) is 1. The smallest absolute Gasteiger partial charge is 0.338 e. The van der Waals surface area contributed by atoms with Crippen molar-refractivity contribution < 1.29 is 9.53 Å². The van der Waals surface area contributed by atoms with E-state index in [4.69, 9.17) is 4.74 Å². The molecule has 0 spiro atoms. The second-order valence-electron chi connectivity index (χ2n) is 6.01. The van der Waals surface area contributed by atoms with Crippen LogP contribution in [0.1, 0.15) is 34.3 Å². The first kappa shape index (κ1) is 14.7. The van der Waals surface area contributed by atoms with Crippen LogP contribution in [0.15, 0.2) is 72.3 Å². The molecule has 4 rings (SSSR count). The summed E-state index contributed by atoms with van der Waals surface area (Å²) < 4.78 is 5.03. The molecule has 2 heteroatoms. The molecule has 0 saturated heterocycles. The molecule has 0 aliphatic heterocycles. The Balaban J connectivity index is 1.64. The molecule has 118 valence electrons. The van der Waals surface area contributed by atoms with E-state index in [9.17, 15) is 4.79 Å². The molecule has 0 amide bonds. The molecule has 0 heterocycles. The van der Waals surface area contributed by atoms with Gasteiger partial charge in [0.15, 0.2) is 0 Å². The quantitative estimate of drug-likeness (QED) is 0.734. The molecule has 0 N–H and O–H groups in total. The summed E-state index contributed by atoms with van der Waals surface area (Å²) >= 11 is 0. The fraction of sp³-hybridized carbons (Fsp3) is 0.136. The SMILES string of the molecule is CCOC(=O)c1ccc(-c2ccc3c(c2)C=C2C=CC=CC23)cc1. The average Bonchev–Trinajstić information content (AvgIpc) is 3.00. The predicted octanol–water partition coefficient (Wildman–Crippen LogP) is 5.14. The first-order chi connectivity index (χ1) is 11.8. The average molecular weight is 314 g/mol. The van der Waals surface area contributed by atoms with Gasteiger partial charge in [-0.15, -0.1) is 0 Å². The Bertz CT molecular complexity index is 883. The topological polar surface area (TPSA) is 26.3 Å². The maximum Gasteiger partial charge on any atom is 0.338 e. The summed E-state index contributed by atoms with van der Waals surface area (Å²) in [5.41, 5.74) is 6.83. The van der Waals surface area contributed by atoms with Gasteiger partial charge >= 0.3 is 5.97 Å².